The maximum Gasteiger partial charge on any atom is 0.379 e. The van der Waals surface area contributed by atoms with Crippen LogP contribution in [0.1, 0.15) is 17.3 Å². The van der Waals surface area contributed by atoms with Crippen molar-refractivity contribution in [2.24, 2.45) is 0 Å². The molecule has 1 aliphatic rings. The summed E-state index contributed by atoms with van der Waals surface area (Å²) in [5, 5.41) is 0. The zero-order valence-electron chi connectivity index (χ0n) is 11.5. The number of hydrogen-bond acceptors (Lipinski definition) is 5. The summed E-state index contributed by atoms with van der Waals surface area (Å²) in [4.78, 5) is 25.3. The highest BCUT2D eigenvalue weighted by Gasteiger charge is 2.26. The molecule has 0 spiro atoms. The first-order valence-corrected chi connectivity index (χ1v) is 6.57. The molecule has 0 unspecified atom stereocenters. The van der Waals surface area contributed by atoms with Gasteiger partial charge in [0.05, 0.1) is 31.1 Å². The van der Waals surface area contributed by atoms with Gasteiger partial charge in [0.25, 0.3) is 5.78 Å². The first kappa shape index (κ1) is 15.4. The first-order chi connectivity index (χ1) is 10.0. The summed E-state index contributed by atoms with van der Waals surface area (Å²) < 4.78 is 36.7. The van der Waals surface area contributed by atoms with E-state index < -0.39 is 23.4 Å². The van der Waals surface area contributed by atoms with Crippen molar-refractivity contribution in [1.82, 2.24) is 0 Å². The number of ketones is 1. The van der Waals surface area contributed by atoms with E-state index in [4.69, 9.17) is 4.74 Å². The molecule has 114 valence electrons. The average molecular weight is 299 g/mol. The fourth-order valence-corrected chi connectivity index (χ4v) is 2.09. The second kappa shape index (κ2) is 6.62. The molecule has 0 aromatic heterocycles. The topological polar surface area (TPSA) is 55.8 Å². The van der Waals surface area contributed by atoms with E-state index in [1.807, 2.05) is 0 Å². The van der Waals surface area contributed by atoms with Crippen LogP contribution < -0.4 is 4.90 Å². The van der Waals surface area contributed by atoms with Gasteiger partial charge in [-0.1, -0.05) is 0 Å². The van der Waals surface area contributed by atoms with Crippen LogP contribution in [0.2, 0.25) is 0 Å². The number of hydrogen-bond donors (Lipinski definition) is 0. The van der Waals surface area contributed by atoms with Crippen LogP contribution in [0.15, 0.2) is 12.1 Å². The molecule has 1 aliphatic heterocycles. The number of ether oxygens (including phenoxy) is 2. The molecule has 1 saturated heterocycles. The second-order valence-corrected chi connectivity index (χ2v) is 4.43. The van der Waals surface area contributed by atoms with Crippen molar-refractivity contribution in [3.8, 4) is 0 Å². The van der Waals surface area contributed by atoms with Gasteiger partial charge in [-0.3, -0.25) is 4.79 Å². The lowest BCUT2D eigenvalue weighted by Crippen LogP contribution is -2.37. The minimum Gasteiger partial charge on any atom is -0.460 e. The molecule has 0 radical (unpaired) electrons. The molecule has 21 heavy (non-hydrogen) atoms. The number of morpholine rings is 1. The number of benzene rings is 1. The van der Waals surface area contributed by atoms with Gasteiger partial charge in [-0.2, -0.15) is 0 Å². The van der Waals surface area contributed by atoms with E-state index in [9.17, 15) is 18.4 Å². The number of esters is 1. The Morgan fingerprint density at radius 3 is 2.48 bits per heavy atom. The van der Waals surface area contributed by atoms with E-state index in [0.717, 1.165) is 12.1 Å². The summed E-state index contributed by atoms with van der Waals surface area (Å²) in [7, 11) is 0. The Morgan fingerprint density at radius 2 is 1.86 bits per heavy atom. The summed E-state index contributed by atoms with van der Waals surface area (Å²) in [5.74, 6) is -4.33. The van der Waals surface area contributed by atoms with Crippen LogP contribution in [-0.2, 0) is 14.3 Å². The molecular weight excluding hydrogens is 284 g/mol. The SMILES string of the molecule is CCOC(=O)C(=O)c1cc(F)c(F)cc1N1CCOCC1. The lowest BCUT2D eigenvalue weighted by molar-refractivity contribution is -0.137. The Morgan fingerprint density at radius 1 is 1.24 bits per heavy atom. The highest BCUT2D eigenvalue weighted by molar-refractivity contribution is 6.41. The van der Waals surface area contributed by atoms with Gasteiger partial charge in [0, 0.05) is 19.2 Å². The van der Waals surface area contributed by atoms with Gasteiger partial charge >= 0.3 is 5.97 Å². The maximum atomic E-state index is 13.5. The van der Waals surface area contributed by atoms with Crippen LogP contribution in [-0.4, -0.2) is 44.7 Å². The Hall–Kier alpha value is -2.02. The van der Waals surface area contributed by atoms with Crippen molar-refractivity contribution in [1.29, 1.82) is 0 Å². The lowest BCUT2D eigenvalue weighted by Gasteiger charge is -2.30. The predicted octanol–water partition coefficient (Wildman–Crippen LogP) is 1.55. The van der Waals surface area contributed by atoms with E-state index in [-0.39, 0.29) is 17.9 Å². The number of Topliss-reactive ketones (excluding diaryl/α,β-unsaturated/α-hetero) is 1. The van der Waals surface area contributed by atoms with Crippen molar-refractivity contribution in [3.63, 3.8) is 0 Å². The van der Waals surface area contributed by atoms with Crippen LogP contribution in [0.5, 0.6) is 0 Å². The molecule has 0 aliphatic carbocycles. The summed E-state index contributed by atoms with van der Waals surface area (Å²) in [6.45, 7) is 3.25. The highest BCUT2D eigenvalue weighted by Crippen LogP contribution is 2.25. The minimum absolute atomic E-state index is 0.0289. The Balaban J connectivity index is 2.40. The molecule has 1 fully saturated rings. The van der Waals surface area contributed by atoms with Crippen LogP contribution in [0.25, 0.3) is 0 Å². The fraction of sp³-hybridized carbons (Fsp3) is 0.429. The van der Waals surface area contributed by atoms with Crippen molar-refractivity contribution < 1.29 is 27.8 Å². The van der Waals surface area contributed by atoms with Crippen molar-refractivity contribution in [3.05, 3.63) is 29.3 Å². The Bertz CT molecular complexity index is 556. The number of nitrogens with zero attached hydrogens (tertiary/aromatic N) is 1. The Labute approximate surface area is 120 Å². The van der Waals surface area contributed by atoms with Gasteiger partial charge in [0.15, 0.2) is 11.6 Å². The van der Waals surface area contributed by atoms with Gasteiger partial charge in [-0.05, 0) is 13.0 Å². The van der Waals surface area contributed by atoms with Crippen molar-refractivity contribution in [2.45, 2.75) is 6.92 Å². The third kappa shape index (κ3) is 3.36. The molecule has 2 rings (SSSR count). The maximum absolute atomic E-state index is 13.5. The van der Waals surface area contributed by atoms with Gasteiger partial charge in [-0.15, -0.1) is 0 Å². The minimum atomic E-state index is -1.18. The van der Waals surface area contributed by atoms with E-state index in [1.165, 1.54) is 0 Å². The molecule has 1 aromatic carbocycles. The van der Waals surface area contributed by atoms with E-state index in [0.29, 0.717) is 26.3 Å². The molecule has 0 atom stereocenters. The van der Waals surface area contributed by atoms with E-state index in [1.54, 1.807) is 11.8 Å². The number of halogens is 2. The lowest BCUT2D eigenvalue weighted by atomic mass is 10.1. The van der Waals surface area contributed by atoms with Crippen LogP contribution >= 0.6 is 0 Å². The summed E-state index contributed by atoms with van der Waals surface area (Å²) in [6, 6.07) is 1.66. The molecule has 0 saturated carbocycles. The number of anilines is 1. The van der Waals surface area contributed by atoms with E-state index in [2.05, 4.69) is 4.74 Å². The number of carbonyl (C=O) groups is 2. The molecule has 1 heterocycles. The van der Waals surface area contributed by atoms with Crippen LogP contribution in [0.4, 0.5) is 14.5 Å². The predicted molar refractivity (Wildman–Crippen MR) is 70.4 cm³/mol. The standard InChI is InChI=1S/C14H15F2NO4/c1-2-21-14(19)13(18)9-7-10(15)11(16)8-12(9)17-3-5-20-6-4-17/h7-8H,2-6H2,1H3. The monoisotopic (exact) mass is 299 g/mol. The van der Waals surface area contributed by atoms with Crippen LogP contribution in [0.3, 0.4) is 0 Å². The number of carbonyl (C=O) groups excluding carboxylic acids is 2. The van der Waals surface area contributed by atoms with Crippen LogP contribution in [0, 0.1) is 11.6 Å². The quantitative estimate of drug-likeness (QED) is 0.479. The third-order valence-electron chi connectivity index (χ3n) is 3.10. The summed E-state index contributed by atoms with van der Waals surface area (Å²) in [5.41, 5.74) is -0.0236. The van der Waals surface area contributed by atoms with Gasteiger partial charge in [0.1, 0.15) is 0 Å². The third-order valence-corrected chi connectivity index (χ3v) is 3.10. The molecular formula is C14H15F2NO4. The smallest absolute Gasteiger partial charge is 0.379 e. The molecule has 0 amide bonds. The zero-order valence-corrected chi connectivity index (χ0v) is 11.5. The zero-order chi connectivity index (χ0) is 15.4. The van der Waals surface area contributed by atoms with Crippen molar-refractivity contribution >= 4 is 17.4 Å². The molecule has 0 bridgehead atoms. The average Bonchev–Trinajstić information content (AvgIpc) is 2.50. The van der Waals surface area contributed by atoms with E-state index >= 15 is 0 Å². The summed E-state index contributed by atoms with van der Waals surface area (Å²) in [6.07, 6.45) is 0. The second-order valence-electron chi connectivity index (χ2n) is 4.43. The molecule has 7 heteroatoms. The summed E-state index contributed by atoms with van der Waals surface area (Å²) >= 11 is 0. The highest BCUT2D eigenvalue weighted by atomic mass is 19.2. The molecule has 5 nitrogen and oxygen atoms in total. The fourth-order valence-electron chi connectivity index (χ4n) is 2.09. The van der Waals surface area contributed by atoms with Gasteiger partial charge in [-0.25, -0.2) is 13.6 Å². The number of rotatable bonds is 4. The van der Waals surface area contributed by atoms with Gasteiger partial charge < -0.3 is 14.4 Å². The normalized spacial score (nSPS) is 14.9. The Kier molecular flexibility index (Phi) is 4.85. The van der Waals surface area contributed by atoms with Crippen molar-refractivity contribution in [2.75, 3.05) is 37.8 Å². The largest absolute Gasteiger partial charge is 0.460 e. The first-order valence-electron chi connectivity index (χ1n) is 6.57. The molecule has 0 N–H and O–H groups in total. The van der Waals surface area contributed by atoms with Gasteiger partial charge in [0.2, 0.25) is 0 Å². The molecule has 1 aromatic rings.